The molecule has 0 saturated heterocycles. The first kappa shape index (κ1) is 11.3. The maximum atomic E-state index is 7.11. The van der Waals surface area contributed by atoms with Crippen LogP contribution in [0.1, 0.15) is 55.5 Å². The minimum Gasteiger partial charge on any atom is -0.226 e. The highest BCUT2D eigenvalue weighted by Gasteiger charge is 2.18. The van der Waals surface area contributed by atoms with E-state index >= 15 is 0 Å². The van der Waals surface area contributed by atoms with Gasteiger partial charge in [0.05, 0.1) is 6.57 Å². The predicted molar refractivity (Wildman–Crippen MR) is 63.5 cm³/mol. The van der Waals surface area contributed by atoms with Crippen LogP contribution in [0.3, 0.4) is 0 Å². The first-order valence-corrected chi connectivity index (χ1v) is 5.81. The van der Waals surface area contributed by atoms with Crippen LogP contribution in [0.25, 0.3) is 4.85 Å². The normalized spacial score (nSPS) is 11.0. The van der Waals surface area contributed by atoms with Crippen molar-refractivity contribution in [1.82, 2.24) is 0 Å². The Morgan fingerprint density at radius 1 is 1.14 bits per heavy atom. The Labute approximate surface area is 90.6 Å². The Morgan fingerprint density at radius 2 is 1.71 bits per heavy atom. The molecule has 14 heavy (non-hydrogen) atoms. The van der Waals surface area contributed by atoms with Gasteiger partial charge in [-0.3, -0.25) is 0 Å². The Morgan fingerprint density at radius 3 is 2.00 bits per heavy atom. The predicted octanol–water partition coefficient (Wildman–Crippen LogP) is 4.85. The molecule has 1 nitrogen and oxygen atoms in total. The molecule has 0 aromatic carbocycles. The van der Waals surface area contributed by atoms with Gasteiger partial charge in [0, 0.05) is 0 Å². The van der Waals surface area contributed by atoms with Gasteiger partial charge in [-0.2, -0.15) is 11.3 Å². The second-order valence-corrected chi connectivity index (χ2v) is 5.26. The van der Waals surface area contributed by atoms with Crippen LogP contribution < -0.4 is 0 Å². The molecular weight excluding hydrogens is 190 g/mol. The van der Waals surface area contributed by atoms with E-state index in [-0.39, 0.29) is 0 Å². The standard InChI is InChI=1S/C12H17NS/c1-7(2)10-9(5)12(13-6)14-11(10)8(3)4/h7-8H,1-5H3. The molecule has 0 aliphatic rings. The Bertz CT molecular complexity index is 366. The van der Waals surface area contributed by atoms with E-state index in [1.807, 2.05) is 0 Å². The fourth-order valence-corrected chi connectivity index (χ4v) is 3.04. The fraction of sp³-hybridized carbons (Fsp3) is 0.583. The van der Waals surface area contributed by atoms with Crippen LogP contribution in [-0.4, -0.2) is 0 Å². The summed E-state index contributed by atoms with van der Waals surface area (Å²) < 4.78 is 0. The van der Waals surface area contributed by atoms with Crippen LogP contribution in [0.4, 0.5) is 5.00 Å². The number of rotatable bonds is 2. The van der Waals surface area contributed by atoms with Gasteiger partial charge in [0.25, 0.3) is 0 Å². The molecule has 2 heteroatoms. The van der Waals surface area contributed by atoms with Gasteiger partial charge < -0.3 is 0 Å². The average molecular weight is 207 g/mol. The molecule has 0 unspecified atom stereocenters. The van der Waals surface area contributed by atoms with Gasteiger partial charge >= 0.3 is 0 Å². The summed E-state index contributed by atoms with van der Waals surface area (Å²) in [5, 5.41) is 0.873. The smallest absolute Gasteiger partial charge is 0.226 e. The van der Waals surface area contributed by atoms with Crippen molar-refractivity contribution < 1.29 is 0 Å². The zero-order chi connectivity index (χ0) is 10.9. The second-order valence-electron chi connectivity index (χ2n) is 4.23. The molecule has 0 N–H and O–H groups in total. The lowest BCUT2D eigenvalue weighted by atomic mass is 9.95. The van der Waals surface area contributed by atoms with Crippen molar-refractivity contribution in [2.24, 2.45) is 0 Å². The molecule has 76 valence electrons. The Kier molecular flexibility index (Phi) is 3.34. The van der Waals surface area contributed by atoms with Crippen molar-refractivity contribution in [1.29, 1.82) is 0 Å². The molecule has 0 radical (unpaired) electrons. The molecule has 0 aliphatic heterocycles. The second kappa shape index (κ2) is 4.14. The molecular formula is C12H17NS. The van der Waals surface area contributed by atoms with E-state index in [0.29, 0.717) is 11.8 Å². The molecule has 1 aromatic rings. The first-order chi connectivity index (χ1) is 6.49. The number of hydrogen-bond donors (Lipinski definition) is 0. The van der Waals surface area contributed by atoms with Crippen LogP contribution in [0.15, 0.2) is 0 Å². The maximum absolute atomic E-state index is 7.11. The highest BCUT2D eigenvalue weighted by atomic mass is 32.1. The molecule has 1 rings (SSSR count). The lowest BCUT2D eigenvalue weighted by Gasteiger charge is -2.11. The molecule has 1 heterocycles. The lowest BCUT2D eigenvalue weighted by molar-refractivity contribution is 0.804. The summed E-state index contributed by atoms with van der Waals surface area (Å²) in [6.45, 7) is 18.0. The molecule has 0 atom stereocenters. The van der Waals surface area contributed by atoms with E-state index < -0.39 is 0 Å². The molecule has 0 saturated carbocycles. The zero-order valence-corrected chi connectivity index (χ0v) is 10.3. The van der Waals surface area contributed by atoms with Crippen molar-refractivity contribution in [3.8, 4) is 0 Å². The van der Waals surface area contributed by atoms with Crippen molar-refractivity contribution in [3.05, 3.63) is 27.4 Å². The minimum atomic E-state index is 0.527. The summed E-state index contributed by atoms with van der Waals surface area (Å²) in [7, 11) is 0. The highest BCUT2D eigenvalue weighted by Crippen LogP contribution is 2.42. The molecule has 1 aromatic heterocycles. The monoisotopic (exact) mass is 207 g/mol. The van der Waals surface area contributed by atoms with Crippen molar-refractivity contribution in [2.45, 2.75) is 46.5 Å². The average Bonchev–Trinajstić information content (AvgIpc) is 2.42. The van der Waals surface area contributed by atoms with Crippen LogP contribution in [-0.2, 0) is 0 Å². The summed E-state index contributed by atoms with van der Waals surface area (Å²) >= 11 is 1.67. The summed E-state index contributed by atoms with van der Waals surface area (Å²) in [6.07, 6.45) is 0. The Balaban J connectivity index is 3.37. The van der Waals surface area contributed by atoms with Gasteiger partial charge in [0.1, 0.15) is 0 Å². The highest BCUT2D eigenvalue weighted by molar-refractivity contribution is 7.16. The lowest BCUT2D eigenvalue weighted by Crippen LogP contribution is -1.94. The van der Waals surface area contributed by atoms with Crippen molar-refractivity contribution in [3.63, 3.8) is 0 Å². The van der Waals surface area contributed by atoms with Crippen LogP contribution in [0, 0.1) is 13.5 Å². The van der Waals surface area contributed by atoms with E-state index in [9.17, 15) is 0 Å². The summed E-state index contributed by atoms with van der Waals surface area (Å²) in [5.74, 6) is 1.06. The number of thiophene rings is 1. The zero-order valence-electron chi connectivity index (χ0n) is 9.51. The third kappa shape index (κ3) is 1.83. The van der Waals surface area contributed by atoms with Crippen LogP contribution in [0.5, 0.6) is 0 Å². The third-order valence-corrected chi connectivity index (χ3v) is 3.90. The summed E-state index contributed by atoms with van der Waals surface area (Å²) in [5.41, 5.74) is 2.60. The maximum Gasteiger partial charge on any atom is 0.244 e. The van der Waals surface area contributed by atoms with Crippen molar-refractivity contribution in [2.75, 3.05) is 0 Å². The van der Waals surface area contributed by atoms with E-state index in [1.54, 1.807) is 11.3 Å². The van der Waals surface area contributed by atoms with E-state index in [2.05, 4.69) is 39.5 Å². The molecule has 0 aliphatic carbocycles. The minimum absolute atomic E-state index is 0.527. The molecule has 0 spiro atoms. The van der Waals surface area contributed by atoms with E-state index in [4.69, 9.17) is 6.57 Å². The largest absolute Gasteiger partial charge is 0.244 e. The molecule has 0 amide bonds. The third-order valence-electron chi connectivity index (χ3n) is 2.40. The van der Waals surface area contributed by atoms with E-state index in [1.165, 1.54) is 16.0 Å². The Hall–Kier alpha value is -0.810. The van der Waals surface area contributed by atoms with Crippen LogP contribution in [0.2, 0.25) is 0 Å². The first-order valence-electron chi connectivity index (χ1n) is 4.99. The van der Waals surface area contributed by atoms with Gasteiger partial charge in [-0.15, -0.1) is 0 Å². The molecule has 0 bridgehead atoms. The quantitative estimate of drug-likeness (QED) is 0.610. The molecule has 0 fully saturated rings. The van der Waals surface area contributed by atoms with Gasteiger partial charge in [-0.25, -0.2) is 4.85 Å². The van der Waals surface area contributed by atoms with Gasteiger partial charge in [-0.05, 0) is 34.8 Å². The summed E-state index contributed by atoms with van der Waals surface area (Å²) in [4.78, 5) is 4.98. The number of hydrogen-bond acceptors (Lipinski definition) is 1. The summed E-state index contributed by atoms with van der Waals surface area (Å²) in [6, 6.07) is 0. The van der Waals surface area contributed by atoms with Gasteiger partial charge in [0.15, 0.2) is 0 Å². The SMILES string of the molecule is [C-]#[N+]c1sc(C(C)C)c(C(C)C)c1C. The van der Waals surface area contributed by atoms with Gasteiger partial charge in [0.2, 0.25) is 5.00 Å². The van der Waals surface area contributed by atoms with E-state index in [0.717, 1.165) is 5.00 Å². The van der Waals surface area contributed by atoms with Crippen molar-refractivity contribution >= 4 is 16.3 Å². The topological polar surface area (TPSA) is 4.36 Å². The fourth-order valence-electron chi connectivity index (χ4n) is 1.79. The van der Waals surface area contributed by atoms with Gasteiger partial charge in [-0.1, -0.05) is 27.7 Å². The number of nitrogens with zero attached hydrogens (tertiary/aromatic N) is 1. The van der Waals surface area contributed by atoms with Crippen LogP contribution >= 0.6 is 11.3 Å².